The molecular formula is C18H19N3O3S2. The van der Waals surface area contributed by atoms with Gasteiger partial charge in [-0.2, -0.15) is 0 Å². The molecule has 0 spiro atoms. The Kier molecular flexibility index (Phi) is 5.95. The molecule has 2 heterocycles. The van der Waals surface area contributed by atoms with Crippen LogP contribution in [-0.4, -0.2) is 39.7 Å². The number of hydrogen-bond donors (Lipinski definition) is 0. The number of hydrogen-bond acceptors (Lipinski definition) is 7. The summed E-state index contributed by atoms with van der Waals surface area (Å²) in [7, 11) is 1.63. The van der Waals surface area contributed by atoms with Crippen molar-refractivity contribution in [3.63, 3.8) is 0 Å². The van der Waals surface area contributed by atoms with E-state index < -0.39 is 0 Å². The van der Waals surface area contributed by atoms with E-state index in [1.54, 1.807) is 18.4 Å². The highest BCUT2D eigenvalue weighted by Crippen LogP contribution is 2.34. The van der Waals surface area contributed by atoms with Crippen molar-refractivity contribution in [1.29, 1.82) is 0 Å². The largest absolute Gasteiger partial charge is 0.495 e. The van der Waals surface area contributed by atoms with Crippen molar-refractivity contribution in [2.24, 2.45) is 0 Å². The van der Waals surface area contributed by atoms with E-state index in [0.717, 1.165) is 10.6 Å². The third kappa shape index (κ3) is 4.08. The summed E-state index contributed by atoms with van der Waals surface area (Å²) in [6.45, 7) is 3.66. The van der Waals surface area contributed by atoms with Crippen molar-refractivity contribution < 1.29 is 14.3 Å². The van der Waals surface area contributed by atoms with Gasteiger partial charge in [0.1, 0.15) is 5.75 Å². The number of rotatable bonds is 7. The molecule has 8 heteroatoms. The second-order valence-corrected chi connectivity index (χ2v) is 7.51. The monoisotopic (exact) mass is 389 g/mol. The highest BCUT2D eigenvalue weighted by molar-refractivity contribution is 7.99. The molecule has 0 atom stereocenters. The number of methoxy groups -OCH3 is 1. The third-order valence-corrected chi connectivity index (χ3v) is 5.16. The first kappa shape index (κ1) is 18.5. The van der Waals surface area contributed by atoms with Gasteiger partial charge in [0.2, 0.25) is 0 Å². The summed E-state index contributed by atoms with van der Waals surface area (Å²) >= 11 is 2.87. The number of thioether (sulfide) groups is 1. The molecular weight excluding hydrogens is 370 g/mol. The SMILES string of the molecule is COc1ccccc1-n1c(SCC(=O)OC(C)C)nnc1-c1cccs1. The molecule has 0 radical (unpaired) electrons. The Morgan fingerprint density at radius 3 is 2.73 bits per heavy atom. The average molecular weight is 390 g/mol. The molecule has 0 amide bonds. The van der Waals surface area contributed by atoms with Crippen LogP contribution in [0.5, 0.6) is 5.75 Å². The highest BCUT2D eigenvalue weighted by atomic mass is 32.2. The molecule has 0 saturated carbocycles. The summed E-state index contributed by atoms with van der Waals surface area (Å²) in [6, 6.07) is 11.6. The molecule has 0 N–H and O–H groups in total. The van der Waals surface area contributed by atoms with Crippen LogP contribution >= 0.6 is 23.1 Å². The zero-order valence-corrected chi connectivity index (χ0v) is 16.3. The fourth-order valence-corrected chi connectivity index (χ4v) is 3.81. The van der Waals surface area contributed by atoms with Gasteiger partial charge in [-0.1, -0.05) is 30.0 Å². The number of carbonyl (C=O) groups excluding carboxylic acids is 1. The fraction of sp³-hybridized carbons (Fsp3) is 0.278. The summed E-state index contributed by atoms with van der Waals surface area (Å²) in [5, 5.41) is 11.2. The normalized spacial score (nSPS) is 10.9. The van der Waals surface area contributed by atoms with Gasteiger partial charge in [0.25, 0.3) is 0 Å². The van der Waals surface area contributed by atoms with Gasteiger partial charge in [0.05, 0.1) is 29.5 Å². The molecule has 3 aromatic rings. The zero-order valence-electron chi connectivity index (χ0n) is 14.7. The van der Waals surface area contributed by atoms with Gasteiger partial charge >= 0.3 is 5.97 Å². The van der Waals surface area contributed by atoms with Crippen LogP contribution in [0, 0.1) is 0 Å². The molecule has 0 aliphatic rings. The highest BCUT2D eigenvalue weighted by Gasteiger charge is 2.20. The number of benzene rings is 1. The quantitative estimate of drug-likeness (QED) is 0.449. The van der Waals surface area contributed by atoms with E-state index in [-0.39, 0.29) is 17.8 Å². The van der Waals surface area contributed by atoms with E-state index in [1.165, 1.54) is 11.8 Å². The second-order valence-electron chi connectivity index (χ2n) is 5.62. The summed E-state index contributed by atoms with van der Waals surface area (Å²) < 4.78 is 12.6. The zero-order chi connectivity index (χ0) is 18.5. The van der Waals surface area contributed by atoms with E-state index in [0.29, 0.717) is 16.7 Å². The molecule has 0 aliphatic carbocycles. The number of para-hydroxylation sites is 2. The van der Waals surface area contributed by atoms with Gasteiger partial charge in [-0.15, -0.1) is 21.5 Å². The van der Waals surface area contributed by atoms with Crippen molar-refractivity contribution in [1.82, 2.24) is 14.8 Å². The first-order valence-corrected chi connectivity index (χ1v) is 9.91. The third-order valence-electron chi connectivity index (χ3n) is 3.39. The summed E-state index contributed by atoms with van der Waals surface area (Å²) in [5.74, 6) is 1.30. The molecule has 0 unspecified atom stereocenters. The summed E-state index contributed by atoms with van der Waals surface area (Å²) in [6.07, 6.45) is -0.142. The van der Waals surface area contributed by atoms with E-state index in [4.69, 9.17) is 9.47 Å². The van der Waals surface area contributed by atoms with E-state index in [9.17, 15) is 4.79 Å². The molecule has 0 aliphatic heterocycles. The van der Waals surface area contributed by atoms with Gasteiger partial charge in [-0.3, -0.25) is 9.36 Å². The van der Waals surface area contributed by atoms with Crippen LogP contribution in [0.1, 0.15) is 13.8 Å². The number of ether oxygens (including phenoxy) is 2. The molecule has 3 rings (SSSR count). The van der Waals surface area contributed by atoms with E-state index in [1.807, 2.05) is 60.2 Å². The lowest BCUT2D eigenvalue weighted by atomic mass is 10.3. The first-order chi connectivity index (χ1) is 12.6. The Labute approximate surface area is 160 Å². The van der Waals surface area contributed by atoms with Crippen molar-refractivity contribution in [2.75, 3.05) is 12.9 Å². The van der Waals surface area contributed by atoms with E-state index in [2.05, 4.69) is 10.2 Å². The fourth-order valence-electron chi connectivity index (χ4n) is 2.38. The van der Waals surface area contributed by atoms with Gasteiger partial charge in [0.15, 0.2) is 11.0 Å². The van der Waals surface area contributed by atoms with Crippen LogP contribution in [-0.2, 0) is 9.53 Å². The number of nitrogens with zero attached hydrogens (tertiary/aromatic N) is 3. The lowest BCUT2D eigenvalue weighted by Gasteiger charge is -2.13. The summed E-state index contributed by atoms with van der Waals surface area (Å²) in [5.41, 5.74) is 0.822. The second kappa shape index (κ2) is 8.37. The van der Waals surface area contributed by atoms with Crippen molar-refractivity contribution in [3.8, 4) is 22.1 Å². The predicted molar refractivity (Wildman–Crippen MR) is 103 cm³/mol. The molecule has 0 fully saturated rings. The van der Waals surface area contributed by atoms with Gasteiger partial charge in [-0.05, 0) is 37.4 Å². The lowest BCUT2D eigenvalue weighted by molar-refractivity contribution is -0.144. The molecule has 0 saturated heterocycles. The topological polar surface area (TPSA) is 66.2 Å². The van der Waals surface area contributed by atoms with Crippen molar-refractivity contribution >= 4 is 29.1 Å². The summed E-state index contributed by atoms with van der Waals surface area (Å²) in [4.78, 5) is 12.9. The smallest absolute Gasteiger partial charge is 0.316 e. The molecule has 2 aromatic heterocycles. The standard InChI is InChI=1S/C18H19N3O3S2/c1-12(2)24-16(22)11-26-18-20-19-17(15-9-6-10-25-15)21(18)13-7-4-5-8-14(13)23-3/h4-10,12H,11H2,1-3H3. The predicted octanol–water partition coefficient (Wildman–Crippen LogP) is 4.05. The van der Waals surface area contributed by atoms with Crippen LogP contribution in [0.15, 0.2) is 46.9 Å². The number of esters is 1. The Balaban J connectivity index is 1.99. The van der Waals surface area contributed by atoms with Gasteiger partial charge in [0, 0.05) is 0 Å². The Hall–Kier alpha value is -2.32. The van der Waals surface area contributed by atoms with Crippen molar-refractivity contribution in [3.05, 3.63) is 41.8 Å². The van der Waals surface area contributed by atoms with Crippen LogP contribution < -0.4 is 4.74 Å². The van der Waals surface area contributed by atoms with Crippen LogP contribution in [0.4, 0.5) is 0 Å². The molecule has 136 valence electrons. The maximum absolute atomic E-state index is 11.9. The number of carbonyl (C=O) groups is 1. The first-order valence-electron chi connectivity index (χ1n) is 8.05. The molecule has 0 bridgehead atoms. The minimum Gasteiger partial charge on any atom is -0.495 e. The van der Waals surface area contributed by atoms with Crippen LogP contribution in [0.2, 0.25) is 0 Å². The average Bonchev–Trinajstić information content (AvgIpc) is 3.28. The van der Waals surface area contributed by atoms with Gasteiger partial charge in [-0.25, -0.2) is 0 Å². The maximum Gasteiger partial charge on any atom is 0.316 e. The Morgan fingerprint density at radius 2 is 2.04 bits per heavy atom. The Bertz CT molecular complexity index is 876. The van der Waals surface area contributed by atoms with Gasteiger partial charge < -0.3 is 9.47 Å². The molecule has 26 heavy (non-hydrogen) atoms. The lowest BCUT2D eigenvalue weighted by Crippen LogP contribution is -2.13. The number of aromatic nitrogens is 3. The number of thiophene rings is 1. The minimum atomic E-state index is -0.280. The van der Waals surface area contributed by atoms with Crippen LogP contribution in [0.3, 0.4) is 0 Å². The molecule has 6 nitrogen and oxygen atoms in total. The van der Waals surface area contributed by atoms with Crippen molar-refractivity contribution in [2.45, 2.75) is 25.1 Å². The van der Waals surface area contributed by atoms with Crippen LogP contribution in [0.25, 0.3) is 16.4 Å². The molecule has 1 aromatic carbocycles. The van der Waals surface area contributed by atoms with E-state index >= 15 is 0 Å². The maximum atomic E-state index is 11.9. The Morgan fingerprint density at radius 1 is 1.23 bits per heavy atom. The minimum absolute atomic E-state index is 0.142.